The van der Waals surface area contributed by atoms with Gasteiger partial charge in [0.1, 0.15) is 0 Å². The molecule has 0 aliphatic rings. The van der Waals surface area contributed by atoms with Crippen LogP contribution in [-0.2, 0) is 0 Å². The molecule has 8 heavy (non-hydrogen) atoms. The van der Waals surface area contributed by atoms with Gasteiger partial charge in [0.2, 0.25) is 0 Å². The van der Waals surface area contributed by atoms with Crippen LogP contribution in [0.1, 0.15) is 34.6 Å². The molecule has 0 nitrogen and oxygen atoms in total. The van der Waals surface area contributed by atoms with Crippen LogP contribution in [0, 0.1) is 0 Å². The van der Waals surface area contributed by atoms with Gasteiger partial charge >= 0.3 is 52.3 Å². The summed E-state index contributed by atoms with van der Waals surface area (Å²) in [4.78, 5) is 0. The van der Waals surface area contributed by atoms with E-state index < -0.39 is 0 Å². The summed E-state index contributed by atoms with van der Waals surface area (Å²) in [5.41, 5.74) is 1.40. The van der Waals surface area contributed by atoms with E-state index in [1.54, 1.807) is 0 Å². The van der Waals surface area contributed by atoms with Gasteiger partial charge in [0, 0.05) is 0 Å². The molecular weight excluding hydrogens is 94.9 g/mol. The predicted molar refractivity (Wildman–Crippen MR) is 41.8 cm³/mol. The van der Waals surface area contributed by atoms with Crippen LogP contribution >= 0.6 is 0 Å². The Balaban J connectivity index is 3.89. The van der Waals surface area contributed by atoms with Crippen LogP contribution in [0.5, 0.6) is 0 Å². The fourth-order valence-electron chi connectivity index (χ4n) is 0.866. The molecule has 46 valence electrons. The molecule has 0 bridgehead atoms. The van der Waals surface area contributed by atoms with Gasteiger partial charge in [-0.25, -0.2) is 0 Å². The molecule has 0 saturated carbocycles. The van der Waals surface area contributed by atoms with Crippen molar-refractivity contribution in [3.63, 3.8) is 0 Å². The van der Waals surface area contributed by atoms with Crippen molar-refractivity contribution in [3.05, 3.63) is 0 Å². The van der Waals surface area contributed by atoms with Crippen LogP contribution in [0.15, 0.2) is 0 Å². The van der Waals surface area contributed by atoms with Crippen molar-refractivity contribution in [1.82, 2.24) is 0 Å². The second-order valence-corrected chi connectivity index (χ2v) is 3.59. The van der Waals surface area contributed by atoms with Gasteiger partial charge in [-0.05, 0) is 0 Å². The normalized spacial score (nSPS) is 10.6. The summed E-state index contributed by atoms with van der Waals surface area (Å²) in [7, 11) is 0. The van der Waals surface area contributed by atoms with Crippen molar-refractivity contribution < 1.29 is 0 Å². The third-order valence-electron chi connectivity index (χ3n) is 0.722. The number of hydrogen-bond donors (Lipinski definition) is 0. The van der Waals surface area contributed by atoms with Crippen LogP contribution < -0.4 is 0 Å². The summed E-state index contributed by atoms with van der Waals surface area (Å²) in [6, 6.07) is 0. The van der Waals surface area contributed by atoms with E-state index in [2.05, 4.69) is 41.5 Å². The summed E-state index contributed by atoms with van der Waals surface area (Å²) in [6.07, 6.45) is 0. The molecule has 0 aliphatic carbocycles. The van der Waals surface area contributed by atoms with Crippen molar-refractivity contribution in [2.24, 2.45) is 0 Å². The standard InChI is InChI=1S/C7H15B/c1-6(2)8-7(3,4)5/h1-5H3. The van der Waals surface area contributed by atoms with E-state index in [9.17, 15) is 0 Å². The SMILES string of the molecule is CC(C)=BC(C)(C)C. The van der Waals surface area contributed by atoms with Crippen LogP contribution in [0.2, 0.25) is 5.31 Å². The van der Waals surface area contributed by atoms with E-state index in [1.165, 1.54) is 5.46 Å². The van der Waals surface area contributed by atoms with Gasteiger partial charge < -0.3 is 0 Å². The Kier molecular flexibility index (Phi) is 2.45. The zero-order valence-corrected chi connectivity index (χ0v) is 6.58. The average molecular weight is 110 g/mol. The van der Waals surface area contributed by atoms with Crippen LogP contribution in [0.3, 0.4) is 0 Å². The molecule has 0 aliphatic heterocycles. The zero-order valence-electron chi connectivity index (χ0n) is 6.58. The van der Waals surface area contributed by atoms with Crippen molar-refractivity contribution in [2.75, 3.05) is 0 Å². The summed E-state index contributed by atoms with van der Waals surface area (Å²) in [5, 5.41) is 0.360. The first-order chi connectivity index (χ1) is 3.42. The van der Waals surface area contributed by atoms with E-state index in [-0.39, 0.29) is 0 Å². The van der Waals surface area contributed by atoms with Crippen molar-refractivity contribution in [3.8, 4) is 0 Å². The Labute approximate surface area is 53.2 Å². The summed E-state index contributed by atoms with van der Waals surface area (Å²) >= 11 is 0. The predicted octanol–water partition coefficient (Wildman–Crippen LogP) is 2.12. The molecule has 0 atom stereocenters. The molecule has 0 rings (SSSR count). The molecule has 0 heterocycles. The second-order valence-electron chi connectivity index (χ2n) is 3.59. The molecule has 0 radical (unpaired) electrons. The molecule has 0 amide bonds. The van der Waals surface area contributed by atoms with Crippen LogP contribution in [-0.4, -0.2) is 12.4 Å². The fourth-order valence-corrected chi connectivity index (χ4v) is 0.866. The number of hydrogen-bond acceptors (Lipinski definition) is 0. The van der Waals surface area contributed by atoms with Crippen molar-refractivity contribution in [2.45, 2.75) is 39.9 Å². The van der Waals surface area contributed by atoms with E-state index >= 15 is 0 Å². The van der Waals surface area contributed by atoms with E-state index in [0.29, 0.717) is 5.31 Å². The second kappa shape index (κ2) is 2.47. The van der Waals surface area contributed by atoms with Crippen LogP contribution in [0.25, 0.3) is 0 Å². The third-order valence-corrected chi connectivity index (χ3v) is 0.722. The molecule has 0 N–H and O–H groups in total. The van der Waals surface area contributed by atoms with Gasteiger partial charge in [0.25, 0.3) is 0 Å². The van der Waals surface area contributed by atoms with Crippen molar-refractivity contribution in [1.29, 1.82) is 0 Å². The first kappa shape index (κ1) is 7.93. The maximum absolute atomic E-state index is 2.27. The molecule has 0 unspecified atom stereocenters. The number of rotatable bonds is 0. The first-order valence-corrected chi connectivity index (χ1v) is 3.08. The van der Waals surface area contributed by atoms with E-state index in [1.807, 2.05) is 0 Å². The molecule has 0 aromatic carbocycles. The molecular formula is C7H15B. The fraction of sp³-hybridized carbons (Fsp3) is 0.857. The van der Waals surface area contributed by atoms with E-state index in [0.717, 1.165) is 0 Å². The Morgan fingerprint density at radius 2 is 1.50 bits per heavy atom. The average Bonchev–Trinajstić information content (AvgIpc) is 1.21. The molecule has 0 aromatic rings. The quantitative estimate of drug-likeness (QED) is 0.419. The Morgan fingerprint density at radius 3 is 1.50 bits per heavy atom. The Bertz CT molecular complexity index is 91.4. The maximum atomic E-state index is 2.27. The molecule has 0 spiro atoms. The molecule has 0 fully saturated rings. The van der Waals surface area contributed by atoms with Gasteiger partial charge in [-0.1, -0.05) is 0 Å². The van der Waals surface area contributed by atoms with Crippen molar-refractivity contribution >= 4 is 12.4 Å². The zero-order chi connectivity index (χ0) is 6.78. The van der Waals surface area contributed by atoms with Gasteiger partial charge in [0.05, 0.1) is 0 Å². The summed E-state index contributed by atoms with van der Waals surface area (Å²) in [6.45, 7) is 13.2. The third kappa shape index (κ3) is 5.93. The minimum atomic E-state index is 0.360. The molecule has 0 aromatic heterocycles. The minimum absolute atomic E-state index is 0.360. The van der Waals surface area contributed by atoms with Crippen LogP contribution in [0.4, 0.5) is 0 Å². The molecule has 1 heteroatoms. The molecule has 0 saturated heterocycles. The Morgan fingerprint density at radius 1 is 1.12 bits per heavy atom. The summed E-state index contributed by atoms with van der Waals surface area (Å²) < 4.78 is 0. The van der Waals surface area contributed by atoms with E-state index in [4.69, 9.17) is 0 Å². The first-order valence-electron chi connectivity index (χ1n) is 3.08. The summed E-state index contributed by atoms with van der Waals surface area (Å²) in [5.74, 6) is 0. The van der Waals surface area contributed by atoms with Gasteiger partial charge in [0.15, 0.2) is 0 Å². The van der Waals surface area contributed by atoms with Gasteiger partial charge in [-0.3, -0.25) is 0 Å². The monoisotopic (exact) mass is 110 g/mol. The van der Waals surface area contributed by atoms with Gasteiger partial charge in [-0.2, -0.15) is 0 Å². The van der Waals surface area contributed by atoms with Gasteiger partial charge in [-0.15, -0.1) is 0 Å². The topological polar surface area (TPSA) is 0 Å². The Hall–Kier alpha value is -0.0651.